The van der Waals surface area contributed by atoms with Crippen molar-refractivity contribution in [3.63, 3.8) is 0 Å². The Hall–Kier alpha value is -3.96. The number of rotatable bonds is 5. The Kier molecular flexibility index (Phi) is 5.86. The third kappa shape index (κ3) is 4.06. The van der Waals surface area contributed by atoms with Gasteiger partial charge in [0.15, 0.2) is 0 Å². The van der Waals surface area contributed by atoms with Crippen molar-refractivity contribution in [2.75, 3.05) is 5.32 Å². The fraction of sp³-hybridized carbons (Fsp3) is 0.107. The smallest absolute Gasteiger partial charge is 0.264 e. The predicted octanol–water partition coefficient (Wildman–Crippen LogP) is 6.58. The van der Waals surface area contributed by atoms with E-state index in [2.05, 4.69) is 15.3 Å². The minimum atomic E-state index is -0.243. The summed E-state index contributed by atoms with van der Waals surface area (Å²) in [5.41, 5.74) is 3.35. The number of anilines is 1. The molecular weight excluding hydrogens is 444 g/mol. The maximum absolute atomic E-state index is 13.7. The van der Waals surface area contributed by atoms with Gasteiger partial charge in [-0.05, 0) is 49.1 Å². The molecule has 5 nitrogen and oxygen atoms in total. The van der Waals surface area contributed by atoms with Crippen LogP contribution in [-0.2, 0) is 0 Å². The average Bonchev–Trinajstić information content (AvgIpc) is 2.85. The van der Waals surface area contributed by atoms with Crippen LogP contribution in [0.5, 0.6) is 0 Å². The molecule has 168 valence electrons. The number of para-hydroxylation sites is 1. The molecule has 2 aromatic heterocycles. The summed E-state index contributed by atoms with van der Waals surface area (Å²) in [5.74, 6) is 1.38. The Morgan fingerprint density at radius 2 is 1.65 bits per heavy atom. The van der Waals surface area contributed by atoms with Crippen LogP contribution in [0, 0.1) is 6.92 Å². The van der Waals surface area contributed by atoms with Crippen LogP contribution < -0.4 is 10.9 Å². The van der Waals surface area contributed by atoms with Crippen molar-refractivity contribution in [3.05, 3.63) is 118 Å². The summed E-state index contributed by atoms with van der Waals surface area (Å²) in [6, 6.07) is 26.9. The molecule has 1 atom stereocenters. The molecule has 0 aliphatic rings. The molecule has 0 amide bonds. The number of halogens is 1. The van der Waals surface area contributed by atoms with Gasteiger partial charge in [0.1, 0.15) is 11.6 Å². The molecule has 0 unspecified atom stereocenters. The van der Waals surface area contributed by atoms with E-state index < -0.39 is 0 Å². The first kappa shape index (κ1) is 21.9. The topological polar surface area (TPSA) is 59.8 Å². The molecule has 0 fully saturated rings. The van der Waals surface area contributed by atoms with Gasteiger partial charge in [0.05, 0.1) is 16.5 Å². The second-order valence-corrected chi connectivity index (χ2v) is 8.57. The van der Waals surface area contributed by atoms with Crippen LogP contribution in [0.2, 0.25) is 5.02 Å². The monoisotopic (exact) mass is 466 g/mol. The van der Waals surface area contributed by atoms with Gasteiger partial charge >= 0.3 is 0 Å². The molecule has 5 rings (SSSR count). The van der Waals surface area contributed by atoms with Gasteiger partial charge in [-0.25, -0.2) is 9.97 Å². The minimum absolute atomic E-state index is 0.153. The fourth-order valence-electron chi connectivity index (χ4n) is 4.19. The van der Waals surface area contributed by atoms with Gasteiger partial charge in [-0.2, -0.15) is 0 Å². The Morgan fingerprint density at radius 3 is 2.38 bits per heavy atom. The lowest BCUT2D eigenvalue weighted by molar-refractivity contribution is 0.772. The van der Waals surface area contributed by atoms with Gasteiger partial charge in [0.25, 0.3) is 5.56 Å². The van der Waals surface area contributed by atoms with Crippen molar-refractivity contribution in [2.45, 2.75) is 19.9 Å². The highest BCUT2D eigenvalue weighted by Gasteiger charge is 2.19. The van der Waals surface area contributed by atoms with Crippen molar-refractivity contribution >= 4 is 28.2 Å². The first-order chi connectivity index (χ1) is 16.5. The number of hydrogen-bond acceptors (Lipinski definition) is 4. The minimum Gasteiger partial charge on any atom is -0.361 e. The predicted molar refractivity (Wildman–Crippen MR) is 139 cm³/mol. The maximum Gasteiger partial charge on any atom is 0.264 e. The summed E-state index contributed by atoms with van der Waals surface area (Å²) >= 11 is 6.44. The molecule has 34 heavy (non-hydrogen) atoms. The highest BCUT2D eigenvalue weighted by Crippen LogP contribution is 2.31. The van der Waals surface area contributed by atoms with Gasteiger partial charge in [-0.1, -0.05) is 72.3 Å². The Balaban J connectivity index is 1.68. The van der Waals surface area contributed by atoms with Crippen LogP contribution in [0.25, 0.3) is 27.6 Å². The largest absolute Gasteiger partial charge is 0.361 e. The molecule has 0 radical (unpaired) electrons. The summed E-state index contributed by atoms with van der Waals surface area (Å²) in [4.78, 5) is 22.8. The molecule has 2 heterocycles. The zero-order chi connectivity index (χ0) is 23.7. The lowest BCUT2D eigenvalue weighted by Crippen LogP contribution is -2.26. The second-order valence-electron chi connectivity index (χ2n) is 8.16. The SMILES string of the molecule is Cc1ncc(-c2ccccc2)c(N[C@@H](C)c2cc3cccc(Cl)c3c(=O)n2-c2ccccc2)n1. The zero-order valence-electron chi connectivity index (χ0n) is 18.9. The molecule has 0 bridgehead atoms. The quantitative estimate of drug-likeness (QED) is 0.317. The number of nitrogens with zero attached hydrogens (tertiary/aromatic N) is 3. The highest BCUT2D eigenvalue weighted by atomic mass is 35.5. The lowest BCUT2D eigenvalue weighted by Gasteiger charge is -2.23. The van der Waals surface area contributed by atoms with Gasteiger partial charge < -0.3 is 5.32 Å². The molecule has 0 saturated carbocycles. The van der Waals surface area contributed by atoms with E-state index in [1.807, 2.05) is 98.9 Å². The average molecular weight is 467 g/mol. The molecule has 0 aliphatic heterocycles. The van der Waals surface area contributed by atoms with Crippen molar-refractivity contribution in [1.29, 1.82) is 0 Å². The van der Waals surface area contributed by atoms with E-state index in [-0.39, 0.29) is 11.6 Å². The molecule has 6 heteroatoms. The first-order valence-corrected chi connectivity index (χ1v) is 11.5. The van der Waals surface area contributed by atoms with Gasteiger partial charge in [-0.15, -0.1) is 0 Å². The molecule has 1 N–H and O–H groups in total. The molecule has 0 aliphatic carbocycles. The Bertz CT molecular complexity index is 1530. The van der Waals surface area contributed by atoms with Crippen LogP contribution in [0.1, 0.15) is 24.5 Å². The fourth-order valence-corrected chi connectivity index (χ4v) is 4.45. The summed E-state index contributed by atoms with van der Waals surface area (Å²) in [5, 5.41) is 5.29. The normalized spacial score (nSPS) is 12.0. The van der Waals surface area contributed by atoms with Crippen molar-refractivity contribution < 1.29 is 0 Å². The number of aromatic nitrogens is 3. The third-order valence-electron chi connectivity index (χ3n) is 5.83. The van der Waals surface area contributed by atoms with E-state index in [0.717, 1.165) is 27.9 Å². The Morgan fingerprint density at radius 1 is 0.941 bits per heavy atom. The van der Waals surface area contributed by atoms with Crippen LogP contribution >= 0.6 is 11.6 Å². The number of aryl methyl sites for hydroxylation is 1. The summed E-state index contributed by atoms with van der Waals surface area (Å²) in [6.45, 7) is 3.89. The van der Waals surface area contributed by atoms with E-state index in [0.29, 0.717) is 22.1 Å². The molecule has 0 spiro atoms. The summed E-state index contributed by atoms with van der Waals surface area (Å²) < 4.78 is 1.72. The van der Waals surface area contributed by atoms with Crippen LogP contribution in [-0.4, -0.2) is 14.5 Å². The lowest BCUT2D eigenvalue weighted by atomic mass is 10.1. The number of benzene rings is 3. The zero-order valence-corrected chi connectivity index (χ0v) is 19.6. The van der Waals surface area contributed by atoms with Crippen LogP contribution in [0.4, 0.5) is 5.82 Å². The maximum atomic E-state index is 13.7. The van der Waals surface area contributed by atoms with E-state index in [1.54, 1.807) is 10.6 Å². The van der Waals surface area contributed by atoms with Crippen molar-refractivity contribution in [2.24, 2.45) is 0 Å². The van der Waals surface area contributed by atoms with E-state index in [9.17, 15) is 4.79 Å². The standard InChI is InChI=1S/C28H23ClN4O/c1-18(31-27-23(17-30-19(2)32-27)20-10-5-3-6-11-20)25-16-21-12-9-15-24(29)26(21)28(34)33(25)22-13-7-4-8-14-22/h3-18H,1-2H3,(H,30,31,32)/t18-/m0/s1. The van der Waals surface area contributed by atoms with Gasteiger partial charge in [0.2, 0.25) is 0 Å². The summed E-state index contributed by atoms with van der Waals surface area (Å²) in [6.07, 6.45) is 1.83. The summed E-state index contributed by atoms with van der Waals surface area (Å²) in [7, 11) is 0. The highest BCUT2D eigenvalue weighted by molar-refractivity contribution is 6.35. The number of pyridine rings is 1. The molecule has 3 aromatic carbocycles. The second kappa shape index (κ2) is 9.12. The van der Waals surface area contributed by atoms with Crippen LogP contribution in [0.15, 0.2) is 95.9 Å². The van der Waals surface area contributed by atoms with E-state index in [4.69, 9.17) is 11.6 Å². The number of fused-ring (bicyclic) bond motifs is 1. The third-order valence-corrected chi connectivity index (χ3v) is 6.14. The Labute approximate surface area is 202 Å². The van der Waals surface area contributed by atoms with Crippen molar-refractivity contribution in [3.8, 4) is 16.8 Å². The van der Waals surface area contributed by atoms with Gasteiger partial charge in [-0.3, -0.25) is 9.36 Å². The van der Waals surface area contributed by atoms with Gasteiger partial charge in [0, 0.05) is 23.1 Å². The first-order valence-electron chi connectivity index (χ1n) is 11.1. The van der Waals surface area contributed by atoms with E-state index in [1.165, 1.54) is 0 Å². The number of hydrogen-bond donors (Lipinski definition) is 1. The van der Waals surface area contributed by atoms with Crippen LogP contribution in [0.3, 0.4) is 0 Å². The van der Waals surface area contributed by atoms with Crippen molar-refractivity contribution in [1.82, 2.24) is 14.5 Å². The molecular formula is C28H23ClN4O. The molecule has 0 saturated heterocycles. The number of nitrogens with one attached hydrogen (secondary N) is 1. The molecule has 5 aromatic rings. The van der Waals surface area contributed by atoms with E-state index >= 15 is 0 Å².